The summed E-state index contributed by atoms with van der Waals surface area (Å²) in [5.41, 5.74) is 1.45. The van der Waals surface area contributed by atoms with Gasteiger partial charge in [-0.05, 0) is 62.2 Å². The lowest BCUT2D eigenvalue weighted by Gasteiger charge is -2.10. The summed E-state index contributed by atoms with van der Waals surface area (Å²) in [6.07, 6.45) is 2.29. The van der Waals surface area contributed by atoms with E-state index in [9.17, 15) is 4.79 Å². The number of carbonyl (C=O) groups is 1. The number of fused-ring (bicyclic) bond motifs is 1. The maximum atomic E-state index is 12.5. The van der Waals surface area contributed by atoms with Gasteiger partial charge in [0.05, 0.1) is 19.8 Å². The van der Waals surface area contributed by atoms with Gasteiger partial charge in [0.15, 0.2) is 11.5 Å². The highest BCUT2D eigenvalue weighted by Gasteiger charge is 2.46. The van der Waals surface area contributed by atoms with Crippen molar-refractivity contribution in [1.82, 2.24) is 0 Å². The third-order valence-electron chi connectivity index (χ3n) is 4.65. The lowest BCUT2D eigenvalue weighted by Crippen LogP contribution is -2.17. The highest BCUT2D eigenvalue weighted by Crippen LogP contribution is 2.49. The average Bonchev–Trinajstić information content (AvgIpc) is 3.43. The molecule has 5 nitrogen and oxygen atoms in total. The van der Waals surface area contributed by atoms with Crippen molar-refractivity contribution in [1.29, 1.82) is 0 Å². The summed E-state index contributed by atoms with van der Waals surface area (Å²) in [6.45, 7) is 3.90. The van der Waals surface area contributed by atoms with E-state index in [2.05, 4.69) is 5.32 Å². The van der Waals surface area contributed by atoms with Crippen LogP contribution >= 0.6 is 0 Å². The van der Waals surface area contributed by atoms with E-state index in [0.29, 0.717) is 36.9 Å². The maximum absolute atomic E-state index is 12.5. The number of nitrogens with one attached hydrogen (secondary N) is 1. The van der Waals surface area contributed by atoms with Crippen LogP contribution in [-0.2, 0) is 0 Å². The molecule has 5 heteroatoms. The van der Waals surface area contributed by atoms with Crippen LogP contribution in [0.25, 0.3) is 0 Å². The Balaban J connectivity index is 1.46. The van der Waals surface area contributed by atoms with Crippen LogP contribution in [0.15, 0.2) is 42.5 Å². The second-order valence-corrected chi connectivity index (χ2v) is 6.65. The molecule has 1 spiro atoms. The van der Waals surface area contributed by atoms with E-state index in [1.165, 1.54) is 0 Å². The van der Waals surface area contributed by atoms with Crippen molar-refractivity contribution in [3.05, 3.63) is 48.0 Å². The summed E-state index contributed by atoms with van der Waals surface area (Å²) < 4.78 is 17.1. The molecule has 0 radical (unpaired) electrons. The van der Waals surface area contributed by atoms with E-state index in [-0.39, 0.29) is 11.3 Å². The van der Waals surface area contributed by atoms with Gasteiger partial charge < -0.3 is 19.5 Å². The average molecular weight is 339 g/mol. The predicted molar refractivity (Wildman–Crippen MR) is 94.7 cm³/mol. The Kier molecular flexibility index (Phi) is 3.99. The molecular weight excluding hydrogens is 318 g/mol. The zero-order valence-corrected chi connectivity index (χ0v) is 14.2. The fraction of sp³-hybridized carbons (Fsp3) is 0.350. The van der Waals surface area contributed by atoms with Crippen LogP contribution in [0.2, 0.25) is 0 Å². The van der Waals surface area contributed by atoms with Crippen molar-refractivity contribution < 1.29 is 19.0 Å². The molecule has 1 fully saturated rings. The third-order valence-corrected chi connectivity index (χ3v) is 4.65. The number of amides is 1. The molecule has 130 valence electrons. The van der Waals surface area contributed by atoms with Gasteiger partial charge in [0.2, 0.25) is 0 Å². The fourth-order valence-electron chi connectivity index (χ4n) is 2.85. The van der Waals surface area contributed by atoms with E-state index in [1.54, 1.807) is 12.1 Å². The summed E-state index contributed by atoms with van der Waals surface area (Å²) in [4.78, 5) is 12.5. The van der Waals surface area contributed by atoms with Crippen molar-refractivity contribution in [3.63, 3.8) is 0 Å². The minimum atomic E-state index is -0.180. The lowest BCUT2D eigenvalue weighted by atomic mass is 10.1. The summed E-state index contributed by atoms with van der Waals surface area (Å²) in [6, 6.07) is 12.6. The standard InChI is InChI=1S/C20H21NO4/c1-2-23-16-6-4-15(5-7-16)21-19(22)14-3-8-17-18(11-14)25-13-20(9-10-20)12-24-17/h3-8,11H,2,9-10,12-13H2,1H3,(H,21,22). The first kappa shape index (κ1) is 15.8. The van der Waals surface area contributed by atoms with Crippen LogP contribution < -0.4 is 19.5 Å². The molecule has 0 saturated heterocycles. The number of ether oxygens (including phenoxy) is 3. The zero-order valence-electron chi connectivity index (χ0n) is 14.2. The summed E-state index contributed by atoms with van der Waals surface area (Å²) in [5.74, 6) is 1.95. The fourth-order valence-corrected chi connectivity index (χ4v) is 2.85. The molecule has 0 atom stereocenters. The number of rotatable bonds is 4. The third kappa shape index (κ3) is 3.40. The first-order valence-electron chi connectivity index (χ1n) is 8.61. The van der Waals surface area contributed by atoms with Gasteiger partial charge in [0, 0.05) is 16.7 Å². The zero-order chi connectivity index (χ0) is 17.3. The summed E-state index contributed by atoms with van der Waals surface area (Å²) >= 11 is 0. The SMILES string of the molecule is CCOc1ccc(NC(=O)c2ccc3c(c2)OCC2(CC2)CO3)cc1. The van der Waals surface area contributed by atoms with Crippen molar-refractivity contribution in [2.24, 2.45) is 5.41 Å². The number of benzene rings is 2. The van der Waals surface area contributed by atoms with E-state index >= 15 is 0 Å². The Labute approximate surface area is 146 Å². The molecule has 1 heterocycles. The Bertz CT molecular complexity index is 781. The minimum absolute atomic E-state index is 0.180. The molecule has 2 aliphatic rings. The van der Waals surface area contributed by atoms with E-state index in [0.717, 1.165) is 24.3 Å². The van der Waals surface area contributed by atoms with Crippen LogP contribution in [0.4, 0.5) is 5.69 Å². The number of carbonyl (C=O) groups excluding carboxylic acids is 1. The number of hydrogen-bond donors (Lipinski definition) is 1. The van der Waals surface area contributed by atoms with Crippen molar-refractivity contribution >= 4 is 11.6 Å². The number of anilines is 1. The van der Waals surface area contributed by atoms with Crippen molar-refractivity contribution in [2.45, 2.75) is 19.8 Å². The highest BCUT2D eigenvalue weighted by molar-refractivity contribution is 6.04. The summed E-state index contributed by atoms with van der Waals surface area (Å²) in [5, 5.41) is 2.89. The minimum Gasteiger partial charge on any atom is -0.494 e. The van der Waals surface area contributed by atoms with Gasteiger partial charge in [-0.15, -0.1) is 0 Å². The molecule has 1 N–H and O–H groups in total. The van der Waals surface area contributed by atoms with E-state index in [1.807, 2.05) is 37.3 Å². The molecule has 1 amide bonds. The Hall–Kier alpha value is -2.69. The van der Waals surface area contributed by atoms with Gasteiger partial charge in [-0.25, -0.2) is 0 Å². The van der Waals surface area contributed by atoms with Crippen LogP contribution in [0.5, 0.6) is 17.2 Å². The Morgan fingerprint density at radius 2 is 1.80 bits per heavy atom. The lowest BCUT2D eigenvalue weighted by molar-refractivity contribution is 0.102. The van der Waals surface area contributed by atoms with Gasteiger partial charge in [0.25, 0.3) is 5.91 Å². The van der Waals surface area contributed by atoms with Crippen LogP contribution in [-0.4, -0.2) is 25.7 Å². The molecule has 1 saturated carbocycles. The van der Waals surface area contributed by atoms with Gasteiger partial charge >= 0.3 is 0 Å². The van der Waals surface area contributed by atoms with Gasteiger partial charge in [0.1, 0.15) is 5.75 Å². The second-order valence-electron chi connectivity index (χ2n) is 6.65. The van der Waals surface area contributed by atoms with Gasteiger partial charge in [-0.1, -0.05) is 0 Å². The van der Waals surface area contributed by atoms with Crippen molar-refractivity contribution in [3.8, 4) is 17.2 Å². The Morgan fingerprint density at radius 1 is 1.08 bits per heavy atom. The molecule has 0 unspecified atom stereocenters. The van der Waals surface area contributed by atoms with Crippen LogP contribution in [0.1, 0.15) is 30.1 Å². The smallest absolute Gasteiger partial charge is 0.255 e. The highest BCUT2D eigenvalue weighted by atomic mass is 16.5. The first-order chi connectivity index (χ1) is 12.2. The topological polar surface area (TPSA) is 56.8 Å². The molecule has 0 bridgehead atoms. The van der Waals surface area contributed by atoms with Crippen LogP contribution in [0, 0.1) is 5.41 Å². The van der Waals surface area contributed by atoms with Gasteiger partial charge in [-0.2, -0.15) is 0 Å². The monoisotopic (exact) mass is 339 g/mol. The molecule has 4 rings (SSSR count). The molecule has 25 heavy (non-hydrogen) atoms. The molecular formula is C20H21NO4. The quantitative estimate of drug-likeness (QED) is 0.918. The molecule has 2 aromatic rings. The first-order valence-corrected chi connectivity index (χ1v) is 8.61. The van der Waals surface area contributed by atoms with Crippen LogP contribution in [0.3, 0.4) is 0 Å². The largest absolute Gasteiger partial charge is 0.494 e. The summed E-state index contributed by atoms with van der Waals surface area (Å²) in [7, 11) is 0. The Morgan fingerprint density at radius 3 is 2.48 bits per heavy atom. The molecule has 1 aliphatic heterocycles. The van der Waals surface area contributed by atoms with Gasteiger partial charge in [-0.3, -0.25) is 4.79 Å². The predicted octanol–water partition coefficient (Wildman–Crippen LogP) is 3.89. The molecule has 2 aromatic carbocycles. The van der Waals surface area contributed by atoms with E-state index in [4.69, 9.17) is 14.2 Å². The van der Waals surface area contributed by atoms with Crippen molar-refractivity contribution in [2.75, 3.05) is 25.1 Å². The van der Waals surface area contributed by atoms with E-state index < -0.39 is 0 Å². The molecule has 0 aromatic heterocycles. The second kappa shape index (κ2) is 6.31. The number of hydrogen-bond acceptors (Lipinski definition) is 4. The maximum Gasteiger partial charge on any atom is 0.255 e. The molecule has 1 aliphatic carbocycles. The normalized spacial score (nSPS) is 16.8.